The number of halogens is 1. The Kier molecular flexibility index (Phi) is 6.21. The fraction of sp³-hybridized carbons (Fsp3) is 0.0417. The van der Waals surface area contributed by atoms with Gasteiger partial charge < -0.3 is 5.32 Å². The average Bonchev–Trinajstić information content (AvgIpc) is 3.04. The Morgan fingerprint density at radius 1 is 0.903 bits per heavy atom. The smallest absolute Gasteiger partial charge is 0.294 e. The van der Waals surface area contributed by atoms with Gasteiger partial charge in [-0.2, -0.15) is 0 Å². The quantitative estimate of drug-likeness (QED) is 0.510. The second-order valence-corrected chi connectivity index (χ2v) is 8.24. The third-order valence-electron chi connectivity index (χ3n) is 4.62. The van der Waals surface area contributed by atoms with E-state index in [1.54, 1.807) is 30.3 Å². The molecule has 1 fully saturated rings. The number of hydrogen-bond acceptors (Lipinski definition) is 4. The van der Waals surface area contributed by atoms with Gasteiger partial charge in [0.25, 0.3) is 11.1 Å². The SMILES string of the molecule is O=C(CN1C(=O)S/C(=C\c2ccc(-c3ccccc3)cc2)C1=O)Nc1ccc(Cl)cc1. The zero-order valence-corrected chi connectivity index (χ0v) is 17.8. The Bertz CT molecular complexity index is 1160. The van der Waals surface area contributed by atoms with Crippen LogP contribution in [0.3, 0.4) is 0 Å². The highest BCUT2D eigenvalue weighted by Gasteiger charge is 2.36. The number of rotatable bonds is 5. The molecule has 3 aromatic carbocycles. The van der Waals surface area contributed by atoms with Crippen LogP contribution in [0, 0.1) is 0 Å². The van der Waals surface area contributed by atoms with Gasteiger partial charge in [0.15, 0.2) is 0 Å². The molecule has 31 heavy (non-hydrogen) atoms. The first-order chi connectivity index (χ1) is 15.0. The summed E-state index contributed by atoms with van der Waals surface area (Å²) in [6.07, 6.45) is 1.66. The Hall–Kier alpha value is -3.35. The first-order valence-corrected chi connectivity index (χ1v) is 10.7. The Balaban J connectivity index is 1.43. The van der Waals surface area contributed by atoms with Crippen LogP contribution in [-0.4, -0.2) is 28.5 Å². The fourth-order valence-corrected chi connectivity index (χ4v) is 4.03. The lowest BCUT2D eigenvalue weighted by molar-refractivity contribution is -0.127. The highest BCUT2D eigenvalue weighted by Crippen LogP contribution is 2.32. The van der Waals surface area contributed by atoms with Crippen LogP contribution in [0.5, 0.6) is 0 Å². The van der Waals surface area contributed by atoms with Crippen LogP contribution in [0.25, 0.3) is 17.2 Å². The van der Waals surface area contributed by atoms with E-state index in [0.717, 1.165) is 33.4 Å². The standard InChI is InChI=1S/C24H17ClN2O3S/c25-19-10-12-20(13-11-19)26-22(28)15-27-23(29)21(31-24(27)30)14-16-6-8-18(9-7-16)17-4-2-1-3-5-17/h1-14H,15H2,(H,26,28)/b21-14-. The maximum atomic E-state index is 12.7. The van der Waals surface area contributed by atoms with Crippen LogP contribution >= 0.6 is 23.4 Å². The van der Waals surface area contributed by atoms with Crippen molar-refractivity contribution in [3.63, 3.8) is 0 Å². The highest BCUT2D eigenvalue weighted by molar-refractivity contribution is 8.18. The van der Waals surface area contributed by atoms with Crippen LogP contribution in [0.1, 0.15) is 5.56 Å². The third-order valence-corrected chi connectivity index (χ3v) is 5.78. The average molecular weight is 449 g/mol. The van der Waals surface area contributed by atoms with Crippen molar-refractivity contribution in [1.29, 1.82) is 0 Å². The molecule has 1 N–H and O–H groups in total. The fourth-order valence-electron chi connectivity index (χ4n) is 3.07. The zero-order chi connectivity index (χ0) is 21.8. The van der Waals surface area contributed by atoms with Gasteiger partial charge in [-0.15, -0.1) is 0 Å². The lowest BCUT2D eigenvalue weighted by Gasteiger charge is -2.12. The van der Waals surface area contributed by atoms with Crippen LogP contribution in [0.2, 0.25) is 5.02 Å². The molecule has 0 aliphatic carbocycles. The molecular formula is C24H17ClN2O3S. The summed E-state index contributed by atoms with van der Waals surface area (Å²) in [6, 6.07) is 24.2. The molecule has 1 saturated heterocycles. The van der Waals surface area contributed by atoms with E-state index < -0.39 is 17.1 Å². The van der Waals surface area contributed by atoms with Crippen molar-refractivity contribution in [3.05, 3.63) is 94.4 Å². The monoisotopic (exact) mass is 448 g/mol. The van der Waals surface area contributed by atoms with Crippen LogP contribution < -0.4 is 5.32 Å². The maximum absolute atomic E-state index is 12.7. The molecule has 154 valence electrons. The summed E-state index contributed by atoms with van der Waals surface area (Å²) >= 11 is 6.66. The Labute approximate surface area is 188 Å². The van der Waals surface area contributed by atoms with Crippen LogP contribution in [0.4, 0.5) is 10.5 Å². The first kappa shape index (κ1) is 20.9. The van der Waals surface area contributed by atoms with Gasteiger partial charge in [0.2, 0.25) is 5.91 Å². The molecule has 0 aromatic heterocycles. The van der Waals surface area contributed by atoms with Crippen LogP contribution in [-0.2, 0) is 9.59 Å². The minimum atomic E-state index is -0.478. The molecule has 3 amide bonds. The van der Waals surface area contributed by atoms with E-state index >= 15 is 0 Å². The Morgan fingerprint density at radius 2 is 1.55 bits per heavy atom. The molecule has 3 aromatic rings. The van der Waals surface area contributed by atoms with Gasteiger partial charge in [-0.1, -0.05) is 66.2 Å². The molecule has 4 rings (SSSR count). The van der Waals surface area contributed by atoms with Crippen molar-refractivity contribution in [2.75, 3.05) is 11.9 Å². The summed E-state index contributed by atoms with van der Waals surface area (Å²) in [6.45, 7) is -0.350. The molecule has 0 radical (unpaired) electrons. The number of nitrogens with zero attached hydrogens (tertiary/aromatic N) is 1. The van der Waals surface area contributed by atoms with Crippen molar-refractivity contribution in [1.82, 2.24) is 4.90 Å². The third kappa shape index (κ3) is 5.05. The molecule has 1 heterocycles. The van der Waals surface area contributed by atoms with Gasteiger partial charge in [0, 0.05) is 10.7 Å². The van der Waals surface area contributed by atoms with Crippen molar-refractivity contribution in [2.45, 2.75) is 0 Å². The summed E-state index contributed by atoms with van der Waals surface area (Å²) < 4.78 is 0. The van der Waals surface area contributed by atoms with Crippen molar-refractivity contribution < 1.29 is 14.4 Å². The number of hydrogen-bond donors (Lipinski definition) is 1. The normalized spacial score (nSPS) is 14.9. The number of nitrogens with one attached hydrogen (secondary N) is 1. The van der Waals surface area contributed by atoms with Gasteiger partial charge in [0.1, 0.15) is 6.54 Å². The second-order valence-electron chi connectivity index (χ2n) is 6.81. The van der Waals surface area contributed by atoms with Gasteiger partial charge >= 0.3 is 0 Å². The van der Waals surface area contributed by atoms with Crippen LogP contribution in [0.15, 0.2) is 83.8 Å². The Morgan fingerprint density at radius 3 is 2.23 bits per heavy atom. The molecule has 5 nitrogen and oxygen atoms in total. The first-order valence-electron chi connectivity index (χ1n) is 9.46. The molecule has 1 aliphatic rings. The van der Waals surface area contributed by atoms with E-state index in [1.165, 1.54) is 0 Å². The molecule has 1 aliphatic heterocycles. The number of benzene rings is 3. The van der Waals surface area contributed by atoms with Gasteiger partial charge in [0.05, 0.1) is 4.91 Å². The lowest BCUT2D eigenvalue weighted by Crippen LogP contribution is -2.36. The summed E-state index contributed by atoms with van der Waals surface area (Å²) in [5.41, 5.74) is 3.50. The number of amides is 3. The minimum absolute atomic E-state index is 0.289. The number of thioether (sulfide) groups is 1. The predicted octanol–water partition coefficient (Wildman–Crippen LogP) is 5.68. The summed E-state index contributed by atoms with van der Waals surface area (Å²) in [5, 5.41) is 2.73. The van der Waals surface area contributed by atoms with E-state index in [9.17, 15) is 14.4 Å². The van der Waals surface area contributed by atoms with E-state index in [1.807, 2.05) is 54.6 Å². The van der Waals surface area contributed by atoms with E-state index in [4.69, 9.17) is 11.6 Å². The van der Waals surface area contributed by atoms with E-state index in [2.05, 4.69) is 5.32 Å². The molecule has 0 spiro atoms. The highest BCUT2D eigenvalue weighted by atomic mass is 35.5. The topological polar surface area (TPSA) is 66.5 Å². The number of carbonyl (C=O) groups excluding carboxylic acids is 3. The van der Waals surface area contributed by atoms with Gasteiger partial charge in [-0.25, -0.2) is 0 Å². The summed E-state index contributed by atoms with van der Waals surface area (Å²) in [5.74, 6) is -0.938. The number of carbonyl (C=O) groups is 3. The van der Waals surface area contributed by atoms with Gasteiger partial charge in [-0.3, -0.25) is 19.3 Å². The molecule has 0 unspecified atom stereocenters. The molecule has 0 atom stereocenters. The van der Waals surface area contributed by atoms with Crippen molar-refractivity contribution >= 4 is 52.2 Å². The number of anilines is 1. The van der Waals surface area contributed by atoms with Crippen molar-refractivity contribution in [2.24, 2.45) is 0 Å². The lowest BCUT2D eigenvalue weighted by atomic mass is 10.0. The van der Waals surface area contributed by atoms with Crippen molar-refractivity contribution in [3.8, 4) is 11.1 Å². The minimum Gasteiger partial charge on any atom is -0.325 e. The molecule has 7 heteroatoms. The molecule has 0 bridgehead atoms. The maximum Gasteiger partial charge on any atom is 0.294 e. The number of imide groups is 1. The molecule has 0 saturated carbocycles. The summed E-state index contributed by atoms with van der Waals surface area (Å²) in [7, 11) is 0. The van der Waals surface area contributed by atoms with E-state index in [0.29, 0.717) is 10.7 Å². The summed E-state index contributed by atoms with van der Waals surface area (Å²) in [4.78, 5) is 38.4. The predicted molar refractivity (Wildman–Crippen MR) is 125 cm³/mol. The zero-order valence-electron chi connectivity index (χ0n) is 16.2. The largest absolute Gasteiger partial charge is 0.325 e. The molecular weight excluding hydrogens is 432 g/mol. The van der Waals surface area contributed by atoms with E-state index in [-0.39, 0.29) is 11.4 Å². The second kappa shape index (κ2) is 9.20. The van der Waals surface area contributed by atoms with Gasteiger partial charge in [-0.05, 0) is 58.8 Å².